The van der Waals surface area contributed by atoms with E-state index in [4.69, 9.17) is 0 Å². The van der Waals surface area contributed by atoms with Gasteiger partial charge in [-0.15, -0.1) is 0 Å². The van der Waals surface area contributed by atoms with Gasteiger partial charge in [0, 0.05) is 6.54 Å². The summed E-state index contributed by atoms with van der Waals surface area (Å²) in [6.45, 7) is -0.219. The minimum absolute atomic E-state index is 0.000655. The highest BCUT2D eigenvalue weighted by atomic mass is 32.2. The molecule has 0 spiro atoms. The molecule has 1 aromatic heterocycles. The number of aromatic hydroxyl groups is 1. The molecule has 156 valence electrons. The van der Waals surface area contributed by atoms with E-state index in [1.165, 1.54) is 12.1 Å². The number of rotatable bonds is 5. The quantitative estimate of drug-likeness (QED) is 0.528. The van der Waals surface area contributed by atoms with E-state index in [1.54, 1.807) is 30.3 Å². The molecule has 11 heteroatoms. The molecule has 3 N–H and O–H groups in total. The molecule has 3 aromatic rings. The van der Waals surface area contributed by atoms with Crippen molar-refractivity contribution in [1.82, 2.24) is 14.3 Å². The topological polar surface area (TPSA) is 142 Å². The van der Waals surface area contributed by atoms with Gasteiger partial charge in [0.1, 0.15) is 12.3 Å². The van der Waals surface area contributed by atoms with Gasteiger partial charge in [-0.05, 0) is 42.7 Å². The summed E-state index contributed by atoms with van der Waals surface area (Å²) in [4.78, 5) is 38.8. The second-order valence-electron chi connectivity index (χ2n) is 6.90. The van der Waals surface area contributed by atoms with Gasteiger partial charge in [0.15, 0.2) is 0 Å². The van der Waals surface area contributed by atoms with Crippen LogP contribution < -0.4 is 20.3 Å². The number of aromatic amines is 1. The summed E-state index contributed by atoms with van der Waals surface area (Å²) in [5, 5.41) is 10.7. The number of anilines is 1. The van der Waals surface area contributed by atoms with E-state index in [2.05, 4.69) is 4.98 Å². The van der Waals surface area contributed by atoms with E-state index >= 15 is 0 Å². The number of carbonyl (C=O) groups excluding carboxylic acids is 1. The summed E-state index contributed by atoms with van der Waals surface area (Å²) >= 11 is 0. The van der Waals surface area contributed by atoms with Gasteiger partial charge in [0.25, 0.3) is 11.5 Å². The number of aromatic nitrogens is 2. The number of nitrogens with one attached hydrogen (secondary N) is 2. The Labute approximate surface area is 170 Å². The zero-order valence-electron chi connectivity index (χ0n) is 15.7. The highest BCUT2D eigenvalue weighted by Gasteiger charge is 2.35. The van der Waals surface area contributed by atoms with Crippen molar-refractivity contribution < 1.29 is 18.3 Å². The normalized spacial score (nSPS) is 15.5. The van der Waals surface area contributed by atoms with Crippen LogP contribution in [0.25, 0.3) is 10.9 Å². The van der Waals surface area contributed by atoms with Crippen LogP contribution in [-0.4, -0.2) is 35.5 Å². The number of carbonyl (C=O) groups is 1. The highest BCUT2D eigenvalue weighted by molar-refractivity contribution is 7.92. The number of phenolic OH excluding ortho intramolecular Hbond substituents is 1. The summed E-state index contributed by atoms with van der Waals surface area (Å²) in [5.74, 6) is -0.960. The molecule has 2 heterocycles. The average molecular weight is 430 g/mol. The summed E-state index contributed by atoms with van der Waals surface area (Å²) in [5.41, 5.74) is 0.308. The van der Waals surface area contributed by atoms with Crippen LogP contribution in [0.5, 0.6) is 5.75 Å². The number of H-pyrrole nitrogens is 1. The number of benzene rings is 2. The molecule has 30 heavy (non-hydrogen) atoms. The van der Waals surface area contributed by atoms with Crippen molar-refractivity contribution in [2.45, 2.75) is 19.4 Å². The maximum absolute atomic E-state index is 12.5. The smallest absolute Gasteiger partial charge is 0.328 e. The molecule has 0 aliphatic carbocycles. The molecule has 1 aliphatic heterocycles. The van der Waals surface area contributed by atoms with Crippen molar-refractivity contribution in [3.63, 3.8) is 0 Å². The van der Waals surface area contributed by atoms with Gasteiger partial charge in [-0.25, -0.2) is 13.8 Å². The third-order valence-electron chi connectivity index (χ3n) is 4.87. The number of amides is 1. The van der Waals surface area contributed by atoms with Gasteiger partial charge in [0.2, 0.25) is 0 Å². The molecular formula is C19H18N4O6S. The van der Waals surface area contributed by atoms with Crippen molar-refractivity contribution in [1.29, 1.82) is 0 Å². The van der Waals surface area contributed by atoms with Crippen LogP contribution in [0, 0.1) is 0 Å². The minimum Gasteiger partial charge on any atom is -0.506 e. The van der Waals surface area contributed by atoms with E-state index in [-0.39, 0.29) is 23.5 Å². The standard InChI is InChI=1S/C19H18N4O6S/c24-16-10-12(7-8-15(16)23-11-17(25)21-30(23,28)29)4-3-9-22-18(26)13-5-1-2-6-14(13)20-19(22)27/h1-2,5-8,10,24H,3-4,9,11H2,(H,20,27)(H,21,25). The molecule has 4 rings (SSSR count). The lowest BCUT2D eigenvalue weighted by Gasteiger charge is -2.16. The molecule has 0 unspecified atom stereocenters. The van der Waals surface area contributed by atoms with Crippen LogP contribution in [-0.2, 0) is 28.0 Å². The van der Waals surface area contributed by atoms with Crippen LogP contribution in [0.15, 0.2) is 52.1 Å². The van der Waals surface area contributed by atoms with E-state index in [0.717, 1.165) is 8.87 Å². The molecule has 2 aromatic carbocycles. The number of phenols is 1. The molecule has 1 saturated heterocycles. The van der Waals surface area contributed by atoms with Crippen molar-refractivity contribution in [3.8, 4) is 5.75 Å². The van der Waals surface area contributed by atoms with Crippen molar-refractivity contribution in [2.24, 2.45) is 0 Å². The van der Waals surface area contributed by atoms with Crippen LogP contribution in [0.2, 0.25) is 0 Å². The number of hydrogen-bond acceptors (Lipinski definition) is 6. The van der Waals surface area contributed by atoms with E-state index < -0.39 is 28.4 Å². The molecule has 0 radical (unpaired) electrons. The van der Waals surface area contributed by atoms with Gasteiger partial charge in [-0.2, -0.15) is 8.42 Å². The Morgan fingerprint density at radius 2 is 1.83 bits per heavy atom. The SMILES string of the molecule is O=C1CN(c2ccc(CCCn3c(=O)[nH]c4ccccc4c3=O)cc2O)S(=O)(=O)N1. The number of aryl methyl sites for hydroxylation is 1. The van der Waals surface area contributed by atoms with Crippen molar-refractivity contribution in [2.75, 3.05) is 10.8 Å². The molecule has 0 atom stereocenters. The van der Waals surface area contributed by atoms with Crippen LogP contribution in [0.4, 0.5) is 5.69 Å². The Hall–Kier alpha value is -3.60. The van der Waals surface area contributed by atoms with Gasteiger partial charge >= 0.3 is 15.9 Å². The lowest BCUT2D eigenvalue weighted by Crippen LogP contribution is -2.35. The lowest BCUT2D eigenvalue weighted by atomic mass is 10.1. The molecule has 1 aliphatic rings. The lowest BCUT2D eigenvalue weighted by molar-refractivity contribution is -0.117. The first-order valence-corrected chi connectivity index (χ1v) is 10.6. The fourth-order valence-electron chi connectivity index (χ4n) is 3.44. The van der Waals surface area contributed by atoms with Gasteiger partial charge in [-0.1, -0.05) is 18.2 Å². The van der Waals surface area contributed by atoms with E-state index in [1.807, 2.05) is 4.72 Å². The number of nitrogens with zero attached hydrogens (tertiary/aromatic N) is 2. The van der Waals surface area contributed by atoms with Crippen LogP contribution >= 0.6 is 0 Å². The largest absolute Gasteiger partial charge is 0.506 e. The zero-order valence-corrected chi connectivity index (χ0v) is 16.5. The van der Waals surface area contributed by atoms with Crippen LogP contribution in [0.1, 0.15) is 12.0 Å². The van der Waals surface area contributed by atoms with E-state index in [0.29, 0.717) is 29.3 Å². The molecule has 0 bridgehead atoms. The Balaban J connectivity index is 1.50. The molecule has 10 nitrogen and oxygen atoms in total. The second kappa shape index (κ2) is 7.34. The Morgan fingerprint density at radius 3 is 2.53 bits per heavy atom. The fraction of sp³-hybridized carbons (Fsp3) is 0.211. The first kappa shape index (κ1) is 19.7. The average Bonchev–Trinajstić information content (AvgIpc) is 2.96. The van der Waals surface area contributed by atoms with Gasteiger partial charge in [-0.3, -0.25) is 14.2 Å². The Morgan fingerprint density at radius 1 is 1.07 bits per heavy atom. The van der Waals surface area contributed by atoms with E-state index in [9.17, 15) is 27.9 Å². The maximum atomic E-state index is 12.5. The predicted molar refractivity (Wildman–Crippen MR) is 110 cm³/mol. The Kier molecular flexibility index (Phi) is 4.82. The summed E-state index contributed by atoms with van der Waals surface area (Å²) in [7, 11) is -4.01. The number of fused-ring (bicyclic) bond motifs is 1. The summed E-state index contributed by atoms with van der Waals surface area (Å²) in [6.07, 6.45) is 0.888. The zero-order chi connectivity index (χ0) is 21.5. The Bertz CT molecular complexity index is 1380. The van der Waals surface area contributed by atoms with Gasteiger partial charge < -0.3 is 10.1 Å². The number of hydrogen-bond donors (Lipinski definition) is 3. The minimum atomic E-state index is -4.01. The third kappa shape index (κ3) is 3.54. The fourth-order valence-corrected chi connectivity index (χ4v) is 4.60. The molecule has 0 saturated carbocycles. The first-order chi connectivity index (χ1) is 14.3. The molecular weight excluding hydrogens is 412 g/mol. The summed E-state index contributed by atoms with van der Waals surface area (Å²) in [6, 6.07) is 11.2. The predicted octanol–water partition coefficient (Wildman–Crippen LogP) is 0.209. The van der Waals surface area contributed by atoms with Crippen molar-refractivity contribution in [3.05, 3.63) is 68.9 Å². The number of para-hydroxylation sites is 1. The summed E-state index contributed by atoms with van der Waals surface area (Å²) < 4.78 is 27.6. The first-order valence-electron chi connectivity index (χ1n) is 9.13. The van der Waals surface area contributed by atoms with Crippen LogP contribution in [0.3, 0.4) is 0 Å². The van der Waals surface area contributed by atoms with Crippen molar-refractivity contribution >= 4 is 32.7 Å². The molecule has 1 fully saturated rings. The van der Waals surface area contributed by atoms with Gasteiger partial charge in [0.05, 0.1) is 16.6 Å². The highest BCUT2D eigenvalue weighted by Crippen LogP contribution is 2.31. The monoisotopic (exact) mass is 430 g/mol. The second-order valence-corrected chi connectivity index (χ2v) is 8.49. The maximum Gasteiger partial charge on any atom is 0.328 e. The third-order valence-corrected chi connectivity index (χ3v) is 6.26. The molecule has 1 amide bonds.